The highest BCUT2D eigenvalue weighted by molar-refractivity contribution is 14.0. The zero-order chi connectivity index (χ0) is 18.6. The fourth-order valence-corrected chi connectivity index (χ4v) is 2.24. The molecule has 2 aromatic rings. The van der Waals surface area contributed by atoms with E-state index in [4.69, 9.17) is 0 Å². The maximum atomic E-state index is 12.0. The van der Waals surface area contributed by atoms with Crippen molar-refractivity contribution in [2.75, 3.05) is 26.2 Å². The fraction of sp³-hybridized carbons (Fsp3) is 0.316. The molecule has 0 aliphatic rings. The summed E-state index contributed by atoms with van der Waals surface area (Å²) in [5, 5.41) is 18.4. The zero-order valence-corrected chi connectivity index (χ0v) is 17.6. The van der Waals surface area contributed by atoms with E-state index in [1.165, 1.54) is 12.1 Å². The van der Waals surface area contributed by atoms with Gasteiger partial charge >= 0.3 is 0 Å². The van der Waals surface area contributed by atoms with Crippen LogP contribution in [0.1, 0.15) is 23.0 Å². The molecule has 1 heterocycles. The second kappa shape index (κ2) is 12.9. The van der Waals surface area contributed by atoms with Gasteiger partial charge in [0.1, 0.15) is 5.75 Å². The van der Waals surface area contributed by atoms with E-state index in [1.54, 1.807) is 18.3 Å². The van der Waals surface area contributed by atoms with Crippen molar-refractivity contribution >= 4 is 35.8 Å². The molecule has 0 saturated carbocycles. The van der Waals surface area contributed by atoms with Crippen LogP contribution in [0.4, 0.5) is 0 Å². The van der Waals surface area contributed by atoms with Gasteiger partial charge in [0.25, 0.3) is 5.91 Å². The molecule has 7 nitrogen and oxygen atoms in total. The fourth-order valence-electron chi connectivity index (χ4n) is 2.24. The standard InChI is InChI=1S/C19H25N5O2.HI/c1-2-20-19(23-12-10-16-5-3-4-11-21-16)24-14-13-22-18(26)15-6-8-17(25)9-7-15;/h3-9,11,25H,2,10,12-14H2,1H3,(H,22,26)(H2,20,23,24);1H. The van der Waals surface area contributed by atoms with Gasteiger partial charge in [-0.05, 0) is 43.3 Å². The van der Waals surface area contributed by atoms with Crippen LogP contribution in [-0.4, -0.2) is 48.1 Å². The number of nitrogens with one attached hydrogen (secondary N) is 3. The van der Waals surface area contributed by atoms with E-state index in [-0.39, 0.29) is 35.6 Å². The van der Waals surface area contributed by atoms with Gasteiger partial charge < -0.3 is 21.1 Å². The van der Waals surface area contributed by atoms with Crippen molar-refractivity contribution in [2.24, 2.45) is 4.99 Å². The molecule has 4 N–H and O–H groups in total. The minimum atomic E-state index is -0.177. The molecule has 8 heteroatoms. The van der Waals surface area contributed by atoms with Gasteiger partial charge in [0, 0.05) is 50.1 Å². The molecule has 27 heavy (non-hydrogen) atoms. The lowest BCUT2D eigenvalue weighted by atomic mass is 10.2. The molecule has 0 aliphatic carbocycles. The number of benzene rings is 1. The van der Waals surface area contributed by atoms with Crippen LogP contribution in [0.3, 0.4) is 0 Å². The molecule has 0 aliphatic heterocycles. The number of hydrogen-bond acceptors (Lipinski definition) is 4. The number of carbonyl (C=O) groups excluding carboxylic acids is 1. The number of amides is 1. The van der Waals surface area contributed by atoms with Crippen molar-refractivity contribution in [3.63, 3.8) is 0 Å². The Hall–Kier alpha value is -2.36. The molecular weight excluding hydrogens is 457 g/mol. The molecule has 1 amide bonds. The Morgan fingerprint density at radius 1 is 1.07 bits per heavy atom. The van der Waals surface area contributed by atoms with Gasteiger partial charge in [-0.2, -0.15) is 0 Å². The average Bonchev–Trinajstić information content (AvgIpc) is 2.66. The Labute approximate surface area is 176 Å². The van der Waals surface area contributed by atoms with Gasteiger partial charge in [0.05, 0.1) is 0 Å². The first kappa shape index (κ1) is 22.7. The molecule has 0 unspecified atom stereocenters. The van der Waals surface area contributed by atoms with E-state index in [9.17, 15) is 9.90 Å². The van der Waals surface area contributed by atoms with E-state index in [2.05, 4.69) is 25.9 Å². The van der Waals surface area contributed by atoms with E-state index in [0.29, 0.717) is 31.2 Å². The number of phenolic OH excluding ortho intramolecular Hbond substituents is 1. The summed E-state index contributed by atoms with van der Waals surface area (Å²) in [6, 6.07) is 12.0. The first-order valence-corrected chi connectivity index (χ1v) is 8.68. The Balaban J connectivity index is 0.00000364. The second-order valence-electron chi connectivity index (χ2n) is 5.56. The number of halogens is 1. The molecular formula is C19H26IN5O2. The number of phenols is 1. The normalized spacial score (nSPS) is 10.6. The molecule has 0 saturated heterocycles. The van der Waals surface area contributed by atoms with Crippen LogP contribution in [0.2, 0.25) is 0 Å². The Kier molecular flexibility index (Phi) is 10.8. The molecule has 0 fully saturated rings. The van der Waals surface area contributed by atoms with E-state index < -0.39 is 0 Å². The topological polar surface area (TPSA) is 98.6 Å². The molecule has 2 rings (SSSR count). The van der Waals surface area contributed by atoms with Crippen LogP contribution in [0.25, 0.3) is 0 Å². The first-order valence-electron chi connectivity index (χ1n) is 8.68. The van der Waals surface area contributed by atoms with Crippen LogP contribution >= 0.6 is 24.0 Å². The summed E-state index contributed by atoms with van der Waals surface area (Å²) < 4.78 is 0. The number of pyridine rings is 1. The van der Waals surface area contributed by atoms with Crippen molar-refractivity contribution in [3.05, 3.63) is 59.9 Å². The third kappa shape index (κ3) is 8.72. The number of aliphatic imine (C=N–C) groups is 1. The monoisotopic (exact) mass is 483 g/mol. The SMILES string of the molecule is CCNC(=NCCc1ccccn1)NCCNC(=O)c1ccc(O)cc1.I. The summed E-state index contributed by atoms with van der Waals surface area (Å²) in [6.45, 7) is 4.41. The van der Waals surface area contributed by atoms with Crippen molar-refractivity contribution in [3.8, 4) is 5.75 Å². The quantitative estimate of drug-likeness (QED) is 0.199. The number of guanidine groups is 1. The average molecular weight is 483 g/mol. The largest absolute Gasteiger partial charge is 0.508 e. The van der Waals surface area contributed by atoms with E-state index in [1.807, 2.05) is 25.1 Å². The molecule has 0 atom stereocenters. The van der Waals surface area contributed by atoms with E-state index in [0.717, 1.165) is 18.7 Å². The minimum Gasteiger partial charge on any atom is -0.508 e. The highest BCUT2D eigenvalue weighted by atomic mass is 127. The zero-order valence-electron chi connectivity index (χ0n) is 15.3. The number of nitrogens with zero attached hydrogens (tertiary/aromatic N) is 2. The van der Waals surface area contributed by atoms with Gasteiger partial charge in [-0.15, -0.1) is 24.0 Å². The van der Waals surface area contributed by atoms with Crippen LogP contribution in [0.5, 0.6) is 5.75 Å². The summed E-state index contributed by atoms with van der Waals surface area (Å²) in [5.41, 5.74) is 1.52. The summed E-state index contributed by atoms with van der Waals surface area (Å²) >= 11 is 0. The van der Waals surface area contributed by atoms with Gasteiger partial charge in [0.2, 0.25) is 0 Å². The van der Waals surface area contributed by atoms with Gasteiger partial charge in [-0.1, -0.05) is 6.07 Å². The lowest BCUT2D eigenvalue weighted by molar-refractivity contribution is 0.0954. The smallest absolute Gasteiger partial charge is 0.251 e. The van der Waals surface area contributed by atoms with Gasteiger partial charge in [-0.3, -0.25) is 14.8 Å². The van der Waals surface area contributed by atoms with Crippen LogP contribution in [0, 0.1) is 0 Å². The van der Waals surface area contributed by atoms with E-state index >= 15 is 0 Å². The Morgan fingerprint density at radius 2 is 1.81 bits per heavy atom. The third-order valence-corrected chi connectivity index (χ3v) is 3.54. The molecule has 146 valence electrons. The van der Waals surface area contributed by atoms with Crippen LogP contribution in [-0.2, 0) is 6.42 Å². The van der Waals surface area contributed by atoms with Crippen LogP contribution in [0.15, 0.2) is 53.7 Å². The predicted molar refractivity (Wildman–Crippen MR) is 118 cm³/mol. The lowest BCUT2D eigenvalue weighted by Gasteiger charge is -2.12. The summed E-state index contributed by atoms with van der Waals surface area (Å²) in [4.78, 5) is 20.8. The minimum absolute atomic E-state index is 0. The van der Waals surface area contributed by atoms with Crippen molar-refractivity contribution in [1.82, 2.24) is 20.9 Å². The lowest BCUT2D eigenvalue weighted by Crippen LogP contribution is -2.41. The van der Waals surface area contributed by atoms with Crippen molar-refractivity contribution in [1.29, 1.82) is 0 Å². The first-order chi connectivity index (χ1) is 12.7. The second-order valence-corrected chi connectivity index (χ2v) is 5.56. The maximum Gasteiger partial charge on any atom is 0.251 e. The third-order valence-electron chi connectivity index (χ3n) is 3.54. The molecule has 0 bridgehead atoms. The number of aromatic hydroxyl groups is 1. The molecule has 1 aromatic heterocycles. The number of carbonyl (C=O) groups is 1. The van der Waals surface area contributed by atoms with Crippen molar-refractivity contribution in [2.45, 2.75) is 13.3 Å². The van der Waals surface area contributed by atoms with Gasteiger partial charge in [-0.25, -0.2) is 0 Å². The van der Waals surface area contributed by atoms with Crippen LogP contribution < -0.4 is 16.0 Å². The van der Waals surface area contributed by atoms with Gasteiger partial charge in [0.15, 0.2) is 5.96 Å². The number of rotatable bonds is 8. The predicted octanol–water partition coefficient (Wildman–Crippen LogP) is 1.93. The summed E-state index contributed by atoms with van der Waals surface area (Å²) in [7, 11) is 0. The highest BCUT2D eigenvalue weighted by Crippen LogP contribution is 2.09. The molecule has 0 radical (unpaired) electrons. The summed E-state index contributed by atoms with van der Waals surface area (Å²) in [6.07, 6.45) is 2.55. The molecule has 1 aromatic carbocycles. The molecule has 0 spiro atoms. The Morgan fingerprint density at radius 3 is 2.48 bits per heavy atom. The van der Waals surface area contributed by atoms with Crippen molar-refractivity contribution < 1.29 is 9.90 Å². The highest BCUT2D eigenvalue weighted by Gasteiger charge is 2.04. The summed E-state index contributed by atoms with van der Waals surface area (Å²) in [5.74, 6) is 0.673. The maximum absolute atomic E-state index is 12.0. The number of hydrogen-bond donors (Lipinski definition) is 4. The Bertz CT molecular complexity index is 708. The number of aromatic nitrogens is 1.